The lowest BCUT2D eigenvalue weighted by Gasteiger charge is -2.29. The molecule has 9 heteroatoms. The average molecular weight is 410 g/mol. The first-order chi connectivity index (χ1) is 13.3. The second-order valence-corrected chi connectivity index (χ2v) is 7.67. The molecule has 2 aliphatic heterocycles. The number of aliphatic imine (C=N–C) groups is 1. The van der Waals surface area contributed by atoms with Crippen LogP contribution in [0.3, 0.4) is 0 Å². The number of thioether (sulfide) groups is 1. The van der Waals surface area contributed by atoms with Gasteiger partial charge in [0, 0.05) is 17.9 Å². The topological polar surface area (TPSA) is 113 Å². The minimum absolute atomic E-state index is 0.263. The second kappa shape index (κ2) is 9.79. The molecule has 0 saturated heterocycles. The highest BCUT2D eigenvalue weighted by Gasteiger charge is 2.40. The Hall–Kier alpha value is -2.26. The number of hydrogen-bond acceptors (Lipinski definition) is 8. The highest BCUT2D eigenvalue weighted by Crippen LogP contribution is 2.30. The van der Waals surface area contributed by atoms with Crippen molar-refractivity contribution in [3.05, 3.63) is 36.3 Å². The number of hydrogen-bond donors (Lipinski definition) is 3. The molecule has 0 aromatic rings. The summed E-state index contributed by atoms with van der Waals surface area (Å²) in [5, 5.41) is 25.6. The van der Waals surface area contributed by atoms with Gasteiger partial charge in [0.15, 0.2) is 0 Å². The molecule has 2 rings (SSSR count). The van der Waals surface area contributed by atoms with Crippen molar-refractivity contribution in [2.24, 2.45) is 10.1 Å². The second-order valence-electron chi connectivity index (χ2n) is 6.70. The largest absolute Gasteiger partial charge is 0.490 e. The van der Waals surface area contributed by atoms with Crippen LogP contribution in [0.25, 0.3) is 0 Å². The first kappa shape index (κ1) is 22.0. The van der Waals surface area contributed by atoms with Gasteiger partial charge in [-0.25, -0.2) is 0 Å². The van der Waals surface area contributed by atoms with E-state index in [4.69, 9.17) is 14.7 Å². The zero-order valence-electron chi connectivity index (χ0n) is 16.3. The molecule has 0 aromatic heterocycles. The Labute approximate surface area is 169 Å². The molecular weight excluding hydrogens is 382 g/mol. The van der Waals surface area contributed by atoms with Crippen LogP contribution >= 0.6 is 11.8 Å². The number of rotatable bonds is 9. The van der Waals surface area contributed by atoms with Crippen LogP contribution in [0.15, 0.2) is 46.5 Å². The van der Waals surface area contributed by atoms with Crippen molar-refractivity contribution in [2.45, 2.75) is 51.5 Å². The summed E-state index contributed by atoms with van der Waals surface area (Å²) >= 11 is 1.37. The van der Waals surface area contributed by atoms with Crippen LogP contribution < -0.4 is 5.32 Å². The Kier molecular flexibility index (Phi) is 7.70. The van der Waals surface area contributed by atoms with Gasteiger partial charge in [0.1, 0.15) is 34.4 Å². The minimum Gasteiger partial charge on any atom is -0.490 e. The number of oxime groups is 1. The Bertz CT molecular complexity index is 731. The molecule has 2 heterocycles. The van der Waals surface area contributed by atoms with Crippen LogP contribution in [-0.4, -0.2) is 57.2 Å². The van der Waals surface area contributed by atoms with Crippen LogP contribution in [0.4, 0.5) is 0 Å². The maximum absolute atomic E-state index is 12.9. The number of allylic oxidation sites excluding steroid dienone is 1. The van der Waals surface area contributed by atoms with E-state index in [2.05, 4.69) is 22.0 Å². The quantitative estimate of drug-likeness (QED) is 0.233. The number of nitrogens with one attached hydrogen (secondary N) is 1. The smallest absolute Gasteiger partial charge is 0.249 e. The highest BCUT2D eigenvalue weighted by molar-refractivity contribution is 8.16. The normalized spacial score (nSPS) is 25.8. The van der Waals surface area contributed by atoms with Crippen LogP contribution in [0.1, 0.15) is 33.6 Å². The maximum atomic E-state index is 12.9. The monoisotopic (exact) mass is 409 g/mol. The van der Waals surface area contributed by atoms with E-state index in [0.717, 1.165) is 6.42 Å². The van der Waals surface area contributed by atoms with E-state index in [1.54, 1.807) is 26.0 Å². The first-order valence-corrected chi connectivity index (χ1v) is 10.1. The molecular formula is C19H27N3O5S. The molecule has 0 fully saturated rings. The van der Waals surface area contributed by atoms with E-state index in [0.29, 0.717) is 41.1 Å². The molecule has 3 N–H and O–H groups in total. The Morgan fingerprint density at radius 3 is 3.07 bits per heavy atom. The molecule has 8 nitrogen and oxygen atoms in total. The molecule has 3 atom stereocenters. The van der Waals surface area contributed by atoms with Gasteiger partial charge < -0.3 is 25.1 Å². The minimum atomic E-state index is -1.15. The number of aliphatic hydroxyl groups excluding tert-OH is 1. The van der Waals surface area contributed by atoms with Crippen LogP contribution in [0.5, 0.6) is 0 Å². The molecule has 1 unspecified atom stereocenters. The number of ether oxygens (including phenoxy) is 2. The highest BCUT2D eigenvalue weighted by atomic mass is 32.2. The number of nitrogens with zero attached hydrogens (tertiary/aromatic N) is 2. The van der Waals surface area contributed by atoms with Gasteiger partial charge in [-0.3, -0.25) is 9.79 Å². The average Bonchev–Trinajstić information content (AvgIpc) is 3.08. The van der Waals surface area contributed by atoms with E-state index < -0.39 is 17.9 Å². The van der Waals surface area contributed by atoms with Crippen molar-refractivity contribution in [1.82, 2.24) is 5.32 Å². The van der Waals surface area contributed by atoms with Gasteiger partial charge in [0.2, 0.25) is 12.2 Å². The zero-order valence-corrected chi connectivity index (χ0v) is 17.2. The van der Waals surface area contributed by atoms with Gasteiger partial charge in [-0.15, -0.1) is 11.8 Å². The fourth-order valence-electron chi connectivity index (χ4n) is 2.69. The molecule has 0 spiro atoms. The SMILES string of the molecule is C=CCOC1=CC(O)OC([C@@H](CCC)NC(=O)[C@@]2(C)CSC(/C(C)=N/O)=N2)=C1. The fraction of sp³-hybridized carbons (Fsp3) is 0.526. The van der Waals surface area contributed by atoms with Crippen LogP contribution in [-0.2, 0) is 14.3 Å². The first-order valence-electron chi connectivity index (χ1n) is 9.07. The number of amides is 1. The van der Waals surface area contributed by atoms with Gasteiger partial charge in [0.25, 0.3) is 0 Å². The van der Waals surface area contributed by atoms with E-state index in [9.17, 15) is 9.90 Å². The maximum Gasteiger partial charge on any atom is 0.249 e. The number of carbonyl (C=O) groups is 1. The van der Waals surface area contributed by atoms with Gasteiger partial charge in [-0.05, 0) is 20.3 Å². The number of carbonyl (C=O) groups excluding carboxylic acids is 1. The van der Waals surface area contributed by atoms with Crippen LogP contribution in [0.2, 0.25) is 0 Å². The zero-order chi connectivity index (χ0) is 20.7. The third-order valence-electron chi connectivity index (χ3n) is 4.23. The lowest BCUT2D eigenvalue weighted by Crippen LogP contribution is -2.49. The van der Waals surface area contributed by atoms with Crippen molar-refractivity contribution in [3.8, 4) is 0 Å². The predicted molar refractivity (Wildman–Crippen MR) is 109 cm³/mol. The third kappa shape index (κ3) is 5.39. The van der Waals surface area contributed by atoms with E-state index >= 15 is 0 Å². The fourth-order valence-corrected chi connectivity index (χ4v) is 3.82. The van der Waals surface area contributed by atoms with E-state index in [1.807, 2.05) is 6.92 Å². The molecule has 154 valence electrons. The molecule has 0 saturated carbocycles. The summed E-state index contributed by atoms with van der Waals surface area (Å²) in [5.74, 6) is 1.06. The van der Waals surface area contributed by atoms with Gasteiger partial charge in [-0.1, -0.05) is 31.2 Å². The summed E-state index contributed by atoms with van der Waals surface area (Å²) in [4.78, 5) is 17.4. The molecule has 0 aromatic carbocycles. The summed E-state index contributed by atoms with van der Waals surface area (Å²) in [5.41, 5.74) is -0.605. The lowest BCUT2D eigenvalue weighted by molar-refractivity contribution is -0.126. The van der Waals surface area contributed by atoms with Gasteiger partial charge in [-0.2, -0.15) is 0 Å². The molecule has 0 aliphatic carbocycles. The molecule has 28 heavy (non-hydrogen) atoms. The Morgan fingerprint density at radius 1 is 1.68 bits per heavy atom. The van der Waals surface area contributed by atoms with Crippen molar-refractivity contribution in [1.29, 1.82) is 0 Å². The third-order valence-corrected chi connectivity index (χ3v) is 5.60. The van der Waals surface area contributed by atoms with Crippen molar-refractivity contribution >= 4 is 28.4 Å². The summed E-state index contributed by atoms with van der Waals surface area (Å²) in [6, 6.07) is -0.433. The summed E-state index contributed by atoms with van der Waals surface area (Å²) in [7, 11) is 0. The number of aliphatic hydroxyl groups is 1. The standard InChI is InChI=1S/C19H27N3O5S/c1-5-7-14(15-9-13(26-8-6-2)10-16(23)27-15)20-18(24)19(4)11-28-17(21-19)12(3)22-25/h6,9-10,14,16,23,25H,2,5,7-8,11H2,1,3-4H3,(H,20,24)/b22-12+/t14-,16?,19-/m1/s1. The van der Waals surface area contributed by atoms with E-state index in [-0.39, 0.29) is 5.91 Å². The van der Waals surface area contributed by atoms with Gasteiger partial charge in [0.05, 0.1) is 6.04 Å². The van der Waals surface area contributed by atoms with Crippen molar-refractivity contribution in [2.75, 3.05) is 12.4 Å². The summed E-state index contributed by atoms with van der Waals surface area (Å²) in [6.07, 6.45) is 4.98. The molecule has 0 radical (unpaired) electrons. The molecule has 1 amide bonds. The van der Waals surface area contributed by atoms with Crippen LogP contribution in [0, 0.1) is 0 Å². The molecule has 0 bridgehead atoms. The lowest BCUT2D eigenvalue weighted by atomic mass is 10.0. The van der Waals surface area contributed by atoms with Crippen molar-refractivity contribution < 1.29 is 24.6 Å². The molecule has 2 aliphatic rings. The predicted octanol–water partition coefficient (Wildman–Crippen LogP) is 2.34. The summed E-state index contributed by atoms with van der Waals surface area (Å²) in [6.45, 7) is 9.26. The van der Waals surface area contributed by atoms with Crippen molar-refractivity contribution in [3.63, 3.8) is 0 Å². The van der Waals surface area contributed by atoms with Gasteiger partial charge >= 0.3 is 0 Å². The van der Waals surface area contributed by atoms with E-state index in [1.165, 1.54) is 17.8 Å². The summed E-state index contributed by atoms with van der Waals surface area (Å²) < 4.78 is 11.0. The Morgan fingerprint density at radius 2 is 2.43 bits per heavy atom. The Balaban J connectivity index is 2.17.